The normalized spacial score (nSPS) is 10.6. The van der Waals surface area contributed by atoms with Gasteiger partial charge in [0.1, 0.15) is 11.6 Å². The van der Waals surface area contributed by atoms with Crippen LogP contribution in [0.1, 0.15) is 23.7 Å². The molecule has 0 aliphatic rings. The lowest BCUT2D eigenvalue weighted by atomic mass is 10.2. The Morgan fingerprint density at radius 2 is 2.05 bits per heavy atom. The molecule has 0 aliphatic heterocycles. The molecule has 0 unspecified atom stereocenters. The topological polar surface area (TPSA) is 34.1 Å². The van der Waals surface area contributed by atoms with Gasteiger partial charge in [0.15, 0.2) is 0 Å². The zero-order chi connectivity index (χ0) is 14.5. The minimum atomic E-state index is -0.312. The molecule has 0 saturated heterocycles. The Hall–Kier alpha value is -1.94. The first-order valence-electron chi connectivity index (χ1n) is 6.70. The van der Waals surface area contributed by atoms with Crippen molar-refractivity contribution in [2.45, 2.75) is 26.8 Å². The predicted molar refractivity (Wildman–Crippen MR) is 77.6 cm³/mol. The number of ether oxygens (including phenoxy) is 1. The highest BCUT2D eigenvalue weighted by Crippen LogP contribution is 2.25. The van der Waals surface area contributed by atoms with E-state index in [0.29, 0.717) is 11.6 Å². The number of aryl methyl sites for hydroxylation is 2. The van der Waals surface area contributed by atoms with Gasteiger partial charge in [-0.3, -0.25) is 0 Å². The maximum Gasteiger partial charge on any atom is 0.219 e. The van der Waals surface area contributed by atoms with Crippen molar-refractivity contribution in [1.29, 1.82) is 0 Å². The molecule has 2 rings (SSSR count). The fourth-order valence-corrected chi connectivity index (χ4v) is 1.96. The van der Waals surface area contributed by atoms with Crippen LogP contribution in [0, 0.1) is 12.7 Å². The van der Waals surface area contributed by atoms with Gasteiger partial charge in [-0.1, -0.05) is 13.0 Å². The Morgan fingerprint density at radius 1 is 1.25 bits per heavy atom. The molecule has 106 valence electrons. The molecule has 4 heteroatoms. The Morgan fingerprint density at radius 3 is 2.75 bits per heavy atom. The Balaban J connectivity index is 2.32. The maximum atomic E-state index is 13.3. The van der Waals surface area contributed by atoms with E-state index in [2.05, 4.69) is 10.3 Å². The fourth-order valence-electron chi connectivity index (χ4n) is 1.96. The first-order chi connectivity index (χ1) is 9.62. The second-order valence-corrected chi connectivity index (χ2v) is 4.70. The summed E-state index contributed by atoms with van der Waals surface area (Å²) in [5, 5.41) is 3.10. The van der Waals surface area contributed by atoms with E-state index in [9.17, 15) is 4.39 Å². The van der Waals surface area contributed by atoms with E-state index in [-0.39, 0.29) is 5.82 Å². The lowest BCUT2D eigenvalue weighted by molar-refractivity contribution is 0.451. The number of aromatic nitrogens is 1. The lowest BCUT2D eigenvalue weighted by Gasteiger charge is -2.11. The molecule has 3 nitrogen and oxygen atoms in total. The van der Waals surface area contributed by atoms with E-state index < -0.39 is 0 Å². The molecule has 0 spiro atoms. The number of hydrogen-bond acceptors (Lipinski definition) is 3. The van der Waals surface area contributed by atoms with Crippen LogP contribution in [0.4, 0.5) is 4.39 Å². The lowest BCUT2D eigenvalue weighted by Crippen LogP contribution is -2.06. The third-order valence-corrected chi connectivity index (χ3v) is 3.02. The van der Waals surface area contributed by atoms with E-state index in [1.54, 1.807) is 6.07 Å². The largest absolute Gasteiger partial charge is 0.439 e. The zero-order valence-electron chi connectivity index (χ0n) is 12.0. The van der Waals surface area contributed by atoms with Gasteiger partial charge in [0, 0.05) is 24.4 Å². The Kier molecular flexibility index (Phi) is 4.69. The minimum absolute atomic E-state index is 0.312. The summed E-state index contributed by atoms with van der Waals surface area (Å²) < 4.78 is 19.0. The summed E-state index contributed by atoms with van der Waals surface area (Å²) in [4.78, 5) is 4.43. The predicted octanol–water partition coefficient (Wildman–Crippen LogP) is 3.60. The van der Waals surface area contributed by atoms with Crippen LogP contribution in [0.3, 0.4) is 0 Å². The highest BCUT2D eigenvalue weighted by molar-refractivity contribution is 5.36. The van der Waals surface area contributed by atoms with Crippen LogP contribution in [0.5, 0.6) is 11.6 Å². The number of nitrogens with one attached hydrogen (secondary N) is 1. The first kappa shape index (κ1) is 14.5. The first-order valence-corrected chi connectivity index (χ1v) is 6.70. The number of rotatable bonds is 5. The van der Waals surface area contributed by atoms with Crippen molar-refractivity contribution < 1.29 is 9.13 Å². The van der Waals surface area contributed by atoms with Crippen LogP contribution >= 0.6 is 0 Å². The van der Waals surface area contributed by atoms with Crippen molar-refractivity contribution in [2.75, 3.05) is 7.05 Å². The third-order valence-electron chi connectivity index (χ3n) is 3.02. The Bertz CT molecular complexity index is 599. The van der Waals surface area contributed by atoms with Crippen LogP contribution in [-0.2, 0) is 13.0 Å². The van der Waals surface area contributed by atoms with Gasteiger partial charge < -0.3 is 10.1 Å². The number of nitrogens with zero attached hydrogens (tertiary/aromatic N) is 1. The number of hydrogen-bond donors (Lipinski definition) is 1. The molecule has 1 aromatic heterocycles. The molecule has 0 amide bonds. The van der Waals surface area contributed by atoms with Crippen molar-refractivity contribution in [1.82, 2.24) is 10.3 Å². The smallest absolute Gasteiger partial charge is 0.219 e. The van der Waals surface area contributed by atoms with Crippen LogP contribution in [0.15, 0.2) is 30.3 Å². The zero-order valence-corrected chi connectivity index (χ0v) is 12.0. The van der Waals surface area contributed by atoms with E-state index >= 15 is 0 Å². The number of pyridine rings is 1. The third kappa shape index (κ3) is 3.54. The van der Waals surface area contributed by atoms with E-state index in [1.807, 2.05) is 33.0 Å². The highest BCUT2D eigenvalue weighted by atomic mass is 19.1. The number of halogens is 1. The average molecular weight is 274 g/mol. The molecule has 0 aliphatic carbocycles. The number of benzene rings is 1. The van der Waals surface area contributed by atoms with Gasteiger partial charge in [-0.2, -0.15) is 0 Å². The summed E-state index contributed by atoms with van der Waals surface area (Å²) in [7, 11) is 1.89. The van der Waals surface area contributed by atoms with E-state index in [4.69, 9.17) is 4.74 Å². The summed E-state index contributed by atoms with van der Waals surface area (Å²) >= 11 is 0. The van der Waals surface area contributed by atoms with Crippen LogP contribution < -0.4 is 10.1 Å². The summed E-state index contributed by atoms with van der Waals surface area (Å²) in [6.45, 7) is 4.67. The molecule has 0 atom stereocenters. The van der Waals surface area contributed by atoms with Gasteiger partial charge in [0.05, 0.1) is 0 Å². The molecule has 0 radical (unpaired) electrons. The van der Waals surface area contributed by atoms with Crippen LogP contribution in [0.25, 0.3) is 0 Å². The van der Waals surface area contributed by atoms with Crippen molar-refractivity contribution in [2.24, 2.45) is 0 Å². The molecule has 0 fully saturated rings. The summed E-state index contributed by atoms with van der Waals surface area (Å²) in [5.74, 6) is 0.692. The van der Waals surface area contributed by atoms with E-state index in [0.717, 1.165) is 29.8 Å². The molecule has 20 heavy (non-hydrogen) atoms. The van der Waals surface area contributed by atoms with Crippen LogP contribution in [0.2, 0.25) is 0 Å². The maximum absolute atomic E-state index is 13.3. The second kappa shape index (κ2) is 6.48. The second-order valence-electron chi connectivity index (χ2n) is 4.70. The average Bonchev–Trinajstić information content (AvgIpc) is 2.43. The summed E-state index contributed by atoms with van der Waals surface area (Å²) in [6, 6.07) is 8.42. The van der Waals surface area contributed by atoms with Crippen molar-refractivity contribution in [3.63, 3.8) is 0 Å². The molecular weight excluding hydrogens is 255 g/mol. The molecule has 2 aromatic rings. The van der Waals surface area contributed by atoms with E-state index in [1.165, 1.54) is 12.1 Å². The monoisotopic (exact) mass is 274 g/mol. The SMILES string of the molecule is CCc1cc(CNC)cc(Oc2cc(F)ccc2C)n1. The van der Waals surface area contributed by atoms with Gasteiger partial charge >= 0.3 is 0 Å². The van der Waals surface area contributed by atoms with Crippen molar-refractivity contribution >= 4 is 0 Å². The van der Waals surface area contributed by atoms with Gasteiger partial charge in [-0.25, -0.2) is 9.37 Å². The van der Waals surface area contributed by atoms with Crippen molar-refractivity contribution in [3.05, 3.63) is 53.0 Å². The Labute approximate surface area is 118 Å². The molecule has 1 heterocycles. The molecular formula is C16H19FN2O. The summed E-state index contributed by atoms with van der Waals surface area (Å²) in [6.07, 6.45) is 0.829. The standard InChI is InChI=1S/C16H19FN2O/c1-4-14-7-12(10-18-3)8-16(19-14)20-15-9-13(17)6-5-11(15)2/h5-9,18H,4,10H2,1-3H3. The quantitative estimate of drug-likeness (QED) is 0.904. The fraction of sp³-hybridized carbons (Fsp3) is 0.312. The molecule has 1 aromatic carbocycles. The van der Waals surface area contributed by atoms with Gasteiger partial charge in [0.2, 0.25) is 5.88 Å². The molecule has 0 bridgehead atoms. The molecule has 1 N–H and O–H groups in total. The van der Waals surface area contributed by atoms with Gasteiger partial charge in [0.25, 0.3) is 0 Å². The van der Waals surface area contributed by atoms with Gasteiger partial charge in [-0.15, -0.1) is 0 Å². The summed E-state index contributed by atoms with van der Waals surface area (Å²) in [5.41, 5.74) is 2.94. The van der Waals surface area contributed by atoms with Crippen molar-refractivity contribution in [3.8, 4) is 11.6 Å². The minimum Gasteiger partial charge on any atom is -0.439 e. The van der Waals surface area contributed by atoms with Crippen LogP contribution in [-0.4, -0.2) is 12.0 Å². The van der Waals surface area contributed by atoms with Gasteiger partial charge in [-0.05, 0) is 43.7 Å². The highest BCUT2D eigenvalue weighted by Gasteiger charge is 2.07. The molecule has 0 saturated carbocycles.